The van der Waals surface area contributed by atoms with E-state index in [1.54, 1.807) is 12.1 Å². The number of guanidine groups is 1. The molecule has 1 aromatic carbocycles. The maximum atomic E-state index is 11.5. The van der Waals surface area contributed by atoms with Crippen molar-refractivity contribution in [1.82, 2.24) is 15.5 Å². The third kappa shape index (κ3) is 7.07. The molecule has 7 nitrogen and oxygen atoms in total. The van der Waals surface area contributed by atoms with Crippen LogP contribution in [0.5, 0.6) is 0 Å². The van der Waals surface area contributed by atoms with E-state index in [1.807, 2.05) is 12.1 Å². The summed E-state index contributed by atoms with van der Waals surface area (Å²) in [5.41, 5.74) is 1.09. The number of sulfone groups is 1. The zero-order valence-corrected chi connectivity index (χ0v) is 18.3. The first-order valence-electron chi connectivity index (χ1n) is 9.96. The number of ether oxygens (including phenoxy) is 1. The van der Waals surface area contributed by atoms with Crippen molar-refractivity contribution < 1.29 is 13.2 Å². The van der Waals surface area contributed by atoms with Gasteiger partial charge in [-0.1, -0.05) is 12.1 Å². The Balaban J connectivity index is 1.85. The molecule has 158 valence electrons. The molecule has 2 N–H and O–H groups in total. The molecular weight excluding hydrogens is 376 g/mol. The van der Waals surface area contributed by atoms with Gasteiger partial charge in [0.25, 0.3) is 0 Å². The van der Waals surface area contributed by atoms with Crippen molar-refractivity contribution in [1.29, 1.82) is 0 Å². The molecule has 0 amide bonds. The number of aliphatic imine (C=N–C) groups is 1. The smallest absolute Gasteiger partial charge is 0.191 e. The van der Waals surface area contributed by atoms with E-state index in [9.17, 15) is 8.42 Å². The van der Waals surface area contributed by atoms with Gasteiger partial charge in [-0.3, -0.25) is 9.89 Å². The van der Waals surface area contributed by atoms with Crippen LogP contribution in [0.1, 0.15) is 26.3 Å². The molecule has 2 rings (SSSR count). The summed E-state index contributed by atoms with van der Waals surface area (Å²) in [5, 5.41) is 6.64. The van der Waals surface area contributed by atoms with Crippen LogP contribution in [0, 0.1) is 0 Å². The Labute approximate surface area is 169 Å². The molecule has 0 aliphatic carbocycles. The van der Waals surface area contributed by atoms with Crippen LogP contribution in [0.15, 0.2) is 34.2 Å². The first-order valence-corrected chi connectivity index (χ1v) is 11.8. The Hall–Kier alpha value is -1.64. The quantitative estimate of drug-likeness (QED) is 0.497. The minimum atomic E-state index is -3.15. The van der Waals surface area contributed by atoms with Gasteiger partial charge in [-0.05, 0) is 44.9 Å². The first kappa shape index (κ1) is 22.6. The molecule has 28 heavy (non-hydrogen) atoms. The minimum Gasteiger partial charge on any atom is -0.379 e. The summed E-state index contributed by atoms with van der Waals surface area (Å²) in [4.78, 5) is 7.53. The van der Waals surface area contributed by atoms with Crippen LogP contribution in [0.4, 0.5) is 0 Å². The van der Waals surface area contributed by atoms with E-state index in [0.717, 1.165) is 57.3 Å². The van der Waals surface area contributed by atoms with Crippen LogP contribution in [-0.4, -0.2) is 77.0 Å². The highest BCUT2D eigenvalue weighted by Gasteiger charge is 2.23. The van der Waals surface area contributed by atoms with Gasteiger partial charge in [0.1, 0.15) is 0 Å². The second-order valence-electron chi connectivity index (χ2n) is 7.32. The van der Waals surface area contributed by atoms with Crippen LogP contribution in [0.2, 0.25) is 0 Å². The van der Waals surface area contributed by atoms with Crippen molar-refractivity contribution in [2.45, 2.75) is 44.2 Å². The van der Waals surface area contributed by atoms with Crippen molar-refractivity contribution in [2.24, 2.45) is 4.99 Å². The zero-order chi connectivity index (χ0) is 20.6. The van der Waals surface area contributed by atoms with Crippen LogP contribution in [0.25, 0.3) is 0 Å². The fraction of sp³-hybridized carbons (Fsp3) is 0.650. The lowest BCUT2D eigenvalue weighted by atomic mass is 10.1. The normalized spacial score (nSPS) is 20.0. The Morgan fingerprint density at radius 1 is 1.32 bits per heavy atom. The third-order valence-corrected chi connectivity index (χ3v) is 6.03. The van der Waals surface area contributed by atoms with Gasteiger partial charge in [-0.15, -0.1) is 0 Å². The monoisotopic (exact) mass is 410 g/mol. The van der Waals surface area contributed by atoms with E-state index in [0.29, 0.717) is 17.0 Å². The molecule has 1 fully saturated rings. The molecule has 1 saturated heterocycles. The first-order chi connectivity index (χ1) is 13.3. The lowest BCUT2D eigenvalue weighted by molar-refractivity contribution is -0.0165. The van der Waals surface area contributed by atoms with E-state index >= 15 is 0 Å². The topological polar surface area (TPSA) is 83.0 Å². The van der Waals surface area contributed by atoms with Crippen molar-refractivity contribution in [3.8, 4) is 0 Å². The minimum absolute atomic E-state index is 0.352. The standard InChI is InChI=1S/C20H34N4O3S/c1-5-21-20(23-14-16(2)24-12-13-27-15-17(24)3)22-11-10-18-6-8-19(9-7-18)28(4,25)26/h6-9,16-17H,5,10-15H2,1-4H3,(H2,21,22,23). The Bertz CT molecular complexity index is 734. The fourth-order valence-electron chi connectivity index (χ4n) is 3.29. The van der Waals surface area contributed by atoms with Gasteiger partial charge in [-0.2, -0.15) is 0 Å². The predicted molar refractivity (Wildman–Crippen MR) is 114 cm³/mol. The van der Waals surface area contributed by atoms with Gasteiger partial charge in [-0.25, -0.2) is 8.42 Å². The number of morpholine rings is 1. The average Bonchev–Trinajstić information content (AvgIpc) is 2.66. The van der Waals surface area contributed by atoms with Gasteiger partial charge < -0.3 is 15.4 Å². The summed E-state index contributed by atoms with van der Waals surface area (Å²) < 4.78 is 28.6. The molecule has 0 radical (unpaired) electrons. The zero-order valence-electron chi connectivity index (χ0n) is 17.4. The fourth-order valence-corrected chi connectivity index (χ4v) is 3.92. The van der Waals surface area contributed by atoms with Gasteiger partial charge >= 0.3 is 0 Å². The van der Waals surface area contributed by atoms with Crippen LogP contribution in [0.3, 0.4) is 0 Å². The predicted octanol–water partition coefficient (Wildman–Crippen LogP) is 1.30. The molecule has 1 aliphatic rings. The number of nitrogens with one attached hydrogen (secondary N) is 2. The molecule has 1 heterocycles. The molecular formula is C20H34N4O3S. The summed E-state index contributed by atoms with van der Waals surface area (Å²) in [6, 6.07) is 7.83. The number of hydrogen-bond donors (Lipinski definition) is 2. The Kier molecular flexibility index (Phi) is 8.72. The molecule has 1 aliphatic heterocycles. The van der Waals surface area contributed by atoms with E-state index in [4.69, 9.17) is 9.73 Å². The van der Waals surface area contributed by atoms with Crippen molar-refractivity contribution in [3.63, 3.8) is 0 Å². The lowest BCUT2D eigenvalue weighted by Crippen LogP contribution is -2.49. The summed E-state index contributed by atoms with van der Waals surface area (Å²) in [7, 11) is -3.15. The van der Waals surface area contributed by atoms with E-state index in [-0.39, 0.29) is 0 Å². The highest BCUT2D eigenvalue weighted by atomic mass is 32.2. The van der Waals surface area contributed by atoms with Crippen molar-refractivity contribution >= 4 is 15.8 Å². The van der Waals surface area contributed by atoms with Gasteiger partial charge in [0.05, 0.1) is 24.7 Å². The molecule has 0 bridgehead atoms. The molecule has 2 unspecified atom stereocenters. The Morgan fingerprint density at radius 3 is 2.64 bits per heavy atom. The highest BCUT2D eigenvalue weighted by Crippen LogP contribution is 2.11. The highest BCUT2D eigenvalue weighted by molar-refractivity contribution is 7.90. The molecule has 0 saturated carbocycles. The largest absolute Gasteiger partial charge is 0.379 e. The van der Waals surface area contributed by atoms with Gasteiger partial charge in [0, 0.05) is 38.0 Å². The SMILES string of the molecule is CCNC(=NCC(C)N1CCOCC1C)NCCc1ccc(S(C)(=O)=O)cc1. The second kappa shape index (κ2) is 10.8. The number of hydrogen-bond acceptors (Lipinski definition) is 5. The van der Waals surface area contributed by atoms with E-state index in [1.165, 1.54) is 6.26 Å². The molecule has 2 atom stereocenters. The summed E-state index contributed by atoms with van der Waals surface area (Å²) in [5.74, 6) is 0.808. The van der Waals surface area contributed by atoms with E-state index in [2.05, 4.69) is 36.3 Å². The average molecular weight is 411 g/mol. The number of benzene rings is 1. The second-order valence-corrected chi connectivity index (χ2v) is 9.34. The third-order valence-electron chi connectivity index (χ3n) is 4.90. The van der Waals surface area contributed by atoms with Gasteiger partial charge in [0.2, 0.25) is 0 Å². The molecule has 0 aromatic heterocycles. The summed E-state index contributed by atoms with van der Waals surface area (Å²) >= 11 is 0. The van der Waals surface area contributed by atoms with Crippen LogP contribution >= 0.6 is 0 Å². The number of rotatable bonds is 8. The van der Waals surface area contributed by atoms with Crippen molar-refractivity contribution in [3.05, 3.63) is 29.8 Å². The van der Waals surface area contributed by atoms with Gasteiger partial charge in [0.15, 0.2) is 15.8 Å². The maximum absolute atomic E-state index is 11.5. The number of nitrogens with zero attached hydrogens (tertiary/aromatic N) is 2. The molecule has 0 spiro atoms. The van der Waals surface area contributed by atoms with Crippen molar-refractivity contribution in [2.75, 3.05) is 45.6 Å². The molecule has 1 aromatic rings. The van der Waals surface area contributed by atoms with E-state index < -0.39 is 9.84 Å². The van der Waals surface area contributed by atoms with Crippen LogP contribution in [-0.2, 0) is 21.0 Å². The maximum Gasteiger partial charge on any atom is 0.191 e. The Morgan fingerprint density at radius 2 is 2.04 bits per heavy atom. The van der Waals surface area contributed by atoms with Crippen LogP contribution < -0.4 is 10.6 Å². The lowest BCUT2D eigenvalue weighted by Gasteiger charge is -2.37. The summed E-state index contributed by atoms with van der Waals surface area (Å²) in [6.45, 7) is 11.2. The summed E-state index contributed by atoms with van der Waals surface area (Å²) in [6.07, 6.45) is 2.02. The molecule has 8 heteroatoms.